The van der Waals surface area contributed by atoms with Crippen LogP contribution in [0.5, 0.6) is 0 Å². The Kier molecular flexibility index (Phi) is 1.96. The van der Waals surface area contributed by atoms with Crippen LogP contribution in [0, 0.1) is 5.82 Å². The molecule has 0 unspecified atom stereocenters. The van der Waals surface area contributed by atoms with Gasteiger partial charge < -0.3 is 0 Å². The summed E-state index contributed by atoms with van der Waals surface area (Å²) in [6.07, 6.45) is 0. The average Bonchev–Trinajstić information content (AvgIpc) is 1.86. The molecular formula is C9H13FN+. The number of hydrogen-bond donors (Lipinski definition) is 0. The van der Waals surface area contributed by atoms with E-state index in [1.807, 2.05) is 27.2 Å². The Morgan fingerprint density at radius 1 is 1.09 bits per heavy atom. The summed E-state index contributed by atoms with van der Waals surface area (Å²) in [5.41, 5.74) is 0.715. The van der Waals surface area contributed by atoms with Gasteiger partial charge in [0.25, 0.3) is 0 Å². The van der Waals surface area contributed by atoms with Crippen LogP contribution in [0.4, 0.5) is 10.1 Å². The normalized spacial score (nSPS) is 11.6. The van der Waals surface area contributed by atoms with Gasteiger partial charge in [0.15, 0.2) is 11.5 Å². The highest BCUT2D eigenvalue weighted by Crippen LogP contribution is 2.19. The lowest BCUT2D eigenvalue weighted by molar-refractivity contribution is 0.457. The SMILES string of the molecule is C[N+](C)(C)c1ccccc1F. The van der Waals surface area contributed by atoms with Crippen molar-refractivity contribution in [2.75, 3.05) is 21.1 Å². The zero-order chi connectivity index (χ0) is 8.48. The van der Waals surface area contributed by atoms with E-state index in [1.165, 1.54) is 6.07 Å². The van der Waals surface area contributed by atoms with Crippen molar-refractivity contribution in [2.45, 2.75) is 0 Å². The second-order valence-electron chi connectivity index (χ2n) is 3.46. The molecule has 1 aromatic rings. The lowest BCUT2D eigenvalue weighted by Crippen LogP contribution is -2.35. The van der Waals surface area contributed by atoms with E-state index in [9.17, 15) is 4.39 Å². The molecule has 0 aliphatic heterocycles. The van der Waals surface area contributed by atoms with Crippen molar-refractivity contribution in [3.63, 3.8) is 0 Å². The van der Waals surface area contributed by atoms with Crippen LogP contribution in [0.15, 0.2) is 24.3 Å². The molecule has 1 rings (SSSR count). The third kappa shape index (κ3) is 1.77. The summed E-state index contributed by atoms with van der Waals surface area (Å²) >= 11 is 0. The molecule has 2 heteroatoms. The summed E-state index contributed by atoms with van der Waals surface area (Å²) < 4.78 is 13.6. The monoisotopic (exact) mass is 154 g/mol. The van der Waals surface area contributed by atoms with Crippen LogP contribution in [-0.4, -0.2) is 21.1 Å². The van der Waals surface area contributed by atoms with Gasteiger partial charge in [-0.1, -0.05) is 12.1 Å². The summed E-state index contributed by atoms with van der Waals surface area (Å²) in [5.74, 6) is -0.139. The van der Waals surface area contributed by atoms with Crippen molar-refractivity contribution in [1.82, 2.24) is 4.48 Å². The Hall–Kier alpha value is -0.890. The standard InChI is InChI=1S/C9H13FN/c1-11(2,3)9-7-5-4-6-8(9)10/h4-7H,1-3H3/q+1. The van der Waals surface area contributed by atoms with Crippen LogP contribution in [0.25, 0.3) is 0 Å². The first kappa shape index (κ1) is 8.21. The van der Waals surface area contributed by atoms with Gasteiger partial charge in [0, 0.05) is 6.07 Å². The molecule has 0 heterocycles. The second-order valence-corrected chi connectivity index (χ2v) is 3.46. The van der Waals surface area contributed by atoms with E-state index < -0.39 is 0 Å². The molecule has 11 heavy (non-hydrogen) atoms. The van der Waals surface area contributed by atoms with E-state index in [0.29, 0.717) is 10.2 Å². The number of nitrogens with zero attached hydrogens (tertiary/aromatic N) is 1. The van der Waals surface area contributed by atoms with E-state index in [-0.39, 0.29) is 5.82 Å². The maximum absolute atomic E-state index is 13.1. The Bertz CT molecular complexity index is 250. The number of hydrogen-bond acceptors (Lipinski definition) is 0. The molecule has 0 radical (unpaired) electrons. The maximum atomic E-state index is 13.1. The van der Waals surface area contributed by atoms with Crippen molar-refractivity contribution in [3.05, 3.63) is 30.1 Å². The van der Waals surface area contributed by atoms with Gasteiger partial charge in [-0.15, -0.1) is 0 Å². The highest BCUT2D eigenvalue weighted by molar-refractivity contribution is 5.42. The average molecular weight is 154 g/mol. The number of para-hydroxylation sites is 1. The summed E-state index contributed by atoms with van der Waals surface area (Å²) in [6.45, 7) is 0. The summed E-state index contributed by atoms with van der Waals surface area (Å²) in [7, 11) is 5.83. The van der Waals surface area contributed by atoms with Gasteiger partial charge in [0.2, 0.25) is 0 Å². The smallest absolute Gasteiger partial charge is 0.183 e. The fourth-order valence-corrected chi connectivity index (χ4v) is 0.996. The van der Waals surface area contributed by atoms with Gasteiger partial charge >= 0.3 is 0 Å². The molecule has 0 spiro atoms. The van der Waals surface area contributed by atoms with Gasteiger partial charge in [-0.05, 0) is 6.07 Å². The van der Waals surface area contributed by atoms with E-state index in [0.717, 1.165) is 0 Å². The van der Waals surface area contributed by atoms with Crippen molar-refractivity contribution < 1.29 is 4.39 Å². The summed E-state index contributed by atoms with van der Waals surface area (Å²) in [6, 6.07) is 6.84. The third-order valence-electron chi connectivity index (χ3n) is 1.58. The van der Waals surface area contributed by atoms with Gasteiger partial charge in [-0.2, -0.15) is 0 Å². The van der Waals surface area contributed by atoms with E-state index >= 15 is 0 Å². The molecule has 1 aromatic carbocycles. The van der Waals surface area contributed by atoms with Crippen molar-refractivity contribution in [2.24, 2.45) is 0 Å². The molecule has 0 aliphatic rings. The Morgan fingerprint density at radius 2 is 1.64 bits per heavy atom. The van der Waals surface area contributed by atoms with Crippen LogP contribution in [-0.2, 0) is 0 Å². The molecule has 0 atom stereocenters. The van der Waals surface area contributed by atoms with E-state index in [4.69, 9.17) is 0 Å². The van der Waals surface area contributed by atoms with Crippen molar-refractivity contribution in [3.8, 4) is 0 Å². The number of benzene rings is 1. The summed E-state index contributed by atoms with van der Waals surface area (Å²) in [4.78, 5) is 0. The molecular weight excluding hydrogens is 141 g/mol. The maximum Gasteiger partial charge on any atom is 0.183 e. The Balaban J connectivity index is 3.14. The first-order valence-electron chi connectivity index (χ1n) is 3.58. The topological polar surface area (TPSA) is 0 Å². The molecule has 0 saturated heterocycles. The van der Waals surface area contributed by atoms with Crippen LogP contribution < -0.4 is 4.48 Å². The molecule has 0 bridgehead atoms. The minimum atomic E-state index is -0.139. The van der Waals surface area contributed by atoms with Gasteiger partial charge in [0.05, 0.1) is 21.1 Å². The van der Waals surface area contributed by atoms with Crippen LogP contribution >= 0.6 is 0 Å². The minimum Gasteiger partial charge on any atom is -0.296 e. The lowest BCUT2D eigenvalue weighted by Gasteiger charge is -2.23. The fraction of sp³-hybridized carbons (Fsp3) is 0.333. The zero-order valence-corrected chi connectivity index (χ0v) is 7.13. The third-order valence-corrected chi connectivity index (χ3v) is 1.58. The van der Waals surface area contributed by atoms with Gasteiger partial charge in [-0.3, -0.25) is 4.48 Å². The molecule has 0 aliphatic carbocycles. The predicted octanol–water partition coefficient (Wildman–Crippen LogP) is 2.02. The van der Waals surface area contributed by atoms with E-state index in [1.54, 1.807) is 12.1 Å². The number of rotatable bonds is 1. The van der Waals surface area contributed by atoms with Crippen molar-refractivity contribution >= 4 is 5.69 Å². The predicted molar refractivity (Wildman–Crippen MR) is 46.0 cm³/mol. The van der Waals surface area contributed by atoms with Crippen molar-refractivity contribution in [1.29, 1.82) is 0 Å². The number of quaternary nitrogens is 1. The second kappa shape index (κ2) is 2.62. The Morgan fingerprint density at radius 3 is 2.00 bits per heavy atom. The molecule has 0 amide bonds. The summed E-state index contributed by atoms with van der Waals surface area (Å²) in [5, 5.41) is 0. The van der Waals surface area contributed by atoms with E-state index in [2.05, 4.69) is 0 Å². The fourth-order valence-electron chi connectivity index (χ4n) is 0.996. The molecule has 60 valence electrons. The molecule has 0 fully saturated rings. The molecule has 1 nitrogen and oxygen atoms in total. The Labute approximate surface area is 66.7 Å². The molecule has 0 N–H and O–H groups in total. The number of halogens is 1. The van der Waals surface area contributed by atoms with Crippen LogP contribution in [0.1, 0.15) is 0 Å². The largest absolute Gasteiger partial charge is 0.296 e. The van der Waals surface area contributed by atoms with Crippen LogP contribution in [0.3, 0.4) is 0 Å². The van der Waals surface area contributed by atoms with Crippen LogP contribution in [0.2, 0.25) is 0 Å². The lowest BCUT2D eigenvalue weighted by atomic mass is 10.2. The zero-order valence-electron chi connectivity index (χ0n) is 7.13. The quantitative estimate of drug-likeness (QED) is 0.543. The highest BCUT2D eigenvalue weighted by Gasteiger charge is 2.15. The first-order valence-corrected chi connectivity index (χ1v) is 3.58. The van der Waals surface area contributed by atoms with Gasteiger partial charge in [-0.25, -0.2) is 4.39 Å². The highest BCUT2D eigenvalue weighted by atomic mass is 19.1. The molecule has 0 saturated carbocycles. The van der Waals surface area contributed by atoms with Gasteiger partial charge in [0.1, 0.15) is 0 Å². The molecule has 0 aromatic heterocycles. The first-order chi connectivity index (χ1) is 5.02. The minimum absolute atomic E-state index is 0.139.